The van der Waals surface area contributed by atoms with Gasteiger partial charge in [-0.15, -0.1) is 11.3 Å². The molecular formula is C20H15BrCl3N3OS2. The van der Waals surface area contributed by atoms with Gasteiger partial charge in [0.05, 0.1) is 15.7 Å². The van der Waals surface area contributed by atoms with Crippen molar-refractivity contribution in [2.45, 2.75) is 0 Å². The van der Waals surface area contributed by atoms with E-state index in [9.17, 15) is 4.79 Å². The summed E-state index contributed by atoms with van der Waals surface area (Å²) in [6.45, 7) is 2.36. The molecule has 1 aliphatic heterocycles. The lowest BCUT2D eigenvalue weighted by molar-refractivity contribution is 0.0698. The van der Waals surface area contributed by atoms with Crippen LogP contribution in [0.25, 0.3) is 10.1 Å². The molecule has 4 rings (SSSR count). The van der Waals surface area contributed by atoms with E-state index in [0.717, 1.165) is 20.2 Å². The minimum Gasteiger partial charge on any atom is -0.345 e. The lowest BCUT2D eigenvalue weighted by atomic mass is 10.2. The molecule has 0 radical (unpaired) electrons. The van der Waals surface area contributed by atoms with Crippen molar-refractivity contribution >= 4 is 101 Å². The number of rotatable bonds is 2. The van der Waals surface area contributed by atoms with Crippen molar-refractivity contribution < 1.29 is 4.79 Å². The zero-order valence-corrected chi connectivity index (χ0v) is 20.9. The average molecular weight is 564 g/mol. The van der Waals surface area contributed by atoms with Crippen LogP contribution in [-0.4, -0.2) is 47.0 Å². The number of anilines is 1. The highest BCUT2D eigenvalue weighted by atomic mass is 79.9. The molecule has 1 aliphatic rings. The minimum atomic E-state index is -0.0631. The number of amides is 1. The number of piperazine rings is 1. The van der Waals surface area contributed by atoms with Crippen molar-refractivity contribution in [1.29, 1.82) is 0 Å². The Kier molecular flexibility index (Phi) is 6.77. The molecule has 0 bridgehead atoms. The van der Waals surface area contributed by atoms with Gasteiger partial charge in [0.15, 0.2) is 5.11 Å². The Morgan fingerprint density at radius 1 is 1.03 bits per heavy atom. The predicted octanol–water partition coefficient (Wildman–Crippen LogP) is 6.78. The molecule has 1 saturated heterocycles. The second-order valence-electron chi connectivity index (χ2n) is 6.72. The molecule has 0 spiro atoms. The van der Waals surface area contributed by atoms with E-state index in [0.29, 0.717) is 51.2 Å². The smallest absolute Gasteiger partial charge is 0.265 e. The van der Waals surface area contributed by atoms with Crippen molar-refractivity contribution in [3.05, 3.63) is 60.8 Å². The summed E-state index contributed by atoms with van der Waals surface area (Å²) in [6, 6.07) is 11.0. The van der Waals surface area contributed by atoms with Crippen molar-refractivity contribution in [2.24, 2.45) is 0 Å². The van der Waals surface area contributed by atoms with Crippen LogP contribution >= 0.6 is 74.3 Å². The molecule has 3 aromatic rings. The highest BCUT2D eigenvalue weighted by molar-refractivity contribution is 9.10. The fourth-order valence-electron chi connectivity index (χ4n) is 3.22. The molecule has 1 N–H and O–H groups in total. The van der Waals surface area contributed by atoms with Crippen LogP contribution in [-0.2, 0) is 0 Å². The van der Waals surface area contributed by atoms with E-state index in [4.69, 9.17) is 47.0 Å². The second-order valence-corrected chi connectivity index (χ2v) is 10.3. The number of carbonyl (C=O) groups excluding carboxylic acids is 1. The number of benzene rings is 2. The number of carbonyl (C=O) groups is 1. The van der Waals surface area contributed by atoms with Gasteiger partial charge in [-0.2, -0.15) is 0 Å². The van der Waals surface area contributed by atoms with Gasteiger partial charge in [0.1, 0.15) is 4.88 Å². The molecule has 0 aliphatic carbocycles. The Bertz CT molecular complexity index is 1150. The summed E-state index contributed by atoms with van der Waals surface area (Å²) in [5, 5.41) is 6.32. The zero-order valence-electron chi connectivity index (χ0n) is 15.4. The maximum atomic E-state index is 13.0. The molecule has 156 valence electrons. The number of nitrogens with one attached hydrogen (secondary N) is 1. The predicted molar refractivity (Wildman–Crippen MR) is 135 cm³/mol. The van der Waals surface area contributed by atoms with E-state index in [1.54, 1.807) is 6.07 Å². The topological polar surface area (TPSA) is 35.6 Å². The highest BCUT2D eigenvalue weighted by Crippen LogP contribution is 2.37. The maximum absolute atomic E-state index is 13.0. The average Bonchev–Trinajstić information content (AvgIpc) is 3.05. The molecule has 10 heteroatoms. The van der Waals surface area contributed by atoms with Crippen LogP contribution in [0.2, 0.25) is 15.1 Å². The Hall–Kier alpha value is -1.09. The Balaban J connectivity index is 1.41. The molecule has 2 heterocycles. The quantitative estimate of drug-likeness (QED) is 0.349. The van der Waals surface area contributed by atoms with Crippen LogP contribution in [0.5, 0.6) is 0 Å². The molecule has 4 nitrogen and oxygen atoms in total. The number of halogens is 4. The van der Waals surface area contributed by atoms with E-state index >= 15 is 0 Å². The molecule has 1 amide bonds. The van der Waals surface area contributed by atoms with Gasteiger partial charge < -0.3 is 15.1 Å². The monoisotopic (exact) mass is 561 g/mol. The molecule has 0 unspecified atom stereocenters. The molecular weight excluding hydrogens is 549 g/mol. The summed E-state index contributed by atoms with van der Waals surface area (Å²) >= 11 is 29.1. The van der Waals surface area contributed by atoms with Gasteiger partial charge in [0.25, 0.3) is 5.91 Å². The standard InChI is InChI=1S/C20H15BrCl3N3OS2/c21-11-1-4-15(14(23)9-11)25-20(29)27-7-5-26(6-8-27)19(28)18-17(24)13-3-2-12(22)10-16(13)30-18/h1-4,9-10H,5-8H2,(H,25,29). The third-order valence-electron chi connectivity index (χ3n) is 4.81. The van der Waals surface area contributed by atoms with Gasteiger partial charge in [-0.1, -0.05) is 56.8 Å². The normalized spacial score (nSPS) is 14.3. The fraction of sp³-hybridized carbons (Fsp3) is 0.200. The fourth-order valence-corrected chi connectivity index (χ4v) is 5.99. The number of nitrogens with zero attached hydrogens (tertiary/aromatic N) is 2. The minimum absolute atomic E-state index is 0.0631. The third kappa shape index (κ3) is 4.56. The van der Waals surface area contributed by atoms with Crippen LogP contribution < -0.4 is 5.32 Å². The summed E-state index contributed by atoms with van der Waals surface area (Å²) < 4.78 is 1.81. The number of fused-ring (bicyclic) bond motifs is 1. The van der Waals surface area contributed by atoms with Crippen LogP contribution in [0.3, 0.4) is 0 Å². The Labute approximate surface area is 206 Å². The highest BCUT2D eigenvalue weighted by Gasteiger charge is 2.27. The van der Waals surface area contributed by atoms with E-state index < -0.39 is 0 Å². The zero-order chi connectivity index (χ0) is 21.4. The SMILES string of the molecule is O=C(c1sc2cc(Cl)ccc2c1Cl)N1CCN(C(=S)Nc2ccc(Br)cc2Cl)CC1. The van der Waals surface area contributed by atoms with Crippen molar-refractivity contribution in [3.8, 4) is 0 Å². The Morgan fingerprint density at radius 3 is 2.43 bits per heavy atom. The van der Waals surface area contributed by atoms with Gasteiger partial charge in [-0.25, -0.2) is 0 Å². The van der Waals surface area contributed by atoms with Gasteiger partial charge in [0.2, 0.25) is 0 Å². The first-order chi connectivity index (χ1) is 14.3. The first-order valence-electron chi connectivity index (χ1n) is 9.01. The van der Waals surface area contributed by atoms with Crippen LogP contribution in [0.1, 0.15) is 9.67 Å². The van der Waals surface area contributed by atoms with Crippen LogP contribution in [0.15, 0.2) is 40.9 Å². The van der Waals surface area contributed by atoms with Crippen molar-refractivity contribution in [1.82, 2.24) is 9.80 Å². The summed E-state index contributed by atoms with van der Waals surface area (Å²) in [4.78, 5) is 17.4. The van der Waals surface area contributed by atoms with Crippen molar-refractivity contribution in [2.75, 3.05) is 31.5 Å². The lowest BCUT2D eigenvalue weighted by Gasteiger charge is -2.36. The number of hydrogen-bond donors (Lipinski definition) is 1. The second kappa shape index (κ2) is 9.18. The lowest BCUT2D eigenvalue weighted by Crippen LogP contribution is -2.51. The third-order valence-corrected chi connectivity index (χ3v) is 7.86. The van der Waals surface area contributed by atoms with Crippen LogP contribution in [0, 0.1) is 0 Å². The first kappa shape index (κ1) is 22.1. The van der Waals surface area contributed by atoms with Gasteiger partial charge in [0, 0.05) is 45.8 Å². The van der Waals surface area contributed by atoms with Crippen molar-refractivity contribution in [3.63, 3.8) is 0 Å². The number of thiophene rings is 1. The largest absolute Gasteiger partial charge is 0.345 e. The number of hydrogen-bond acceptors (Lipinski definition) is 3. The van der Waals surface area contributed by atoms with Gasteiger partial charge in [-0.3, -0.25) is 4.79 Å². The first-order valence-corrected chi connectivity index (χ1v) is 12.2. The molecule has 2 aromatic carbocycles. The number of thiocarbonyl (C=S) groups is 1. The summed E-state index contributed by atoms with van der Waals surface area (Å²) in [5.74, 6) is -0.0631. The summed E-state index contributed by atoms with van der Waals surface area (Å²) in [7, 11) is 0. The molecule has 0 saturated carbocycles. The van der Waals surface area contributed by atoms with Gasteiger partial charge >= 0.3 is 0 Å². The maximum Gasteiger partial charge on any atom is 0.265 e. The van der Waals surface area contributed by atoms with Crippen LogP contribution in [0.4, 0.5) is 5.69 Å². The molecule has 30 heavy (non-hydrogen) atoms. The molecule has 1 aromatic heterocycles. The Morgan fingerprint density at radius 2 is 1.73 bits per heavy atom. The summed E-state index contributed by atoms with van der Waals surface area (Å²) in [5.41, 5.74) is 0.749. The molecule has 1 fully saturated rings. The van der Waals surface area contributed by atoms with E-state index in [2.05, 4.69) is 21.2 Å². The molecule has 0 atom stereocenters. The summed E-state index contributed by atoms with van der Waals surface area (Å²) in [6.07, 6.45) is 0. The van der Waals surface area contributed by atoms with E-state index in [1.165, 1.54) is 11.3 Å². The van der Waals surface area contributed by atoms with Gasteiger partial charge in [-0.05, 0) is 42.5 Å². The van der Waals surface area contributed by atoms with E-state index in [1.807, 2.05) is 40.1 Å². The van der Waals surface area contributed by atoms with E-state index in [-0.39, 0.29) is 5.91 Å².